The van der Waals surface area contributed by atoms with Gasteiger partial charge in [0, 0.05) is 42.5 Å². The first-order chi connectivity index (χ1) is 19.5. The Kier molecular flexibility index (Phi) is 12.1. The molecule has 41 heavy (non-hydrogen) atoms. The van der Waals surface area contributed by atoms with Gasteiger partial charge >= 0.3 is 0 Å². The number of sulfonamides is 1. The van der Waals surface area contributed by atoms with Crippen molar-refractivity contribution in [3.8, 4) is 0 Å². The van der Waals surface area contributed by atoms with Gasteiger partial charge < -0.3 is 10.2 Å². The molecule has 0 aromatic heterocycles. The van der Waals surface area contributed by atoms with E-state index < -0.39 is 16.1 Å². The van der Waals surface area contributed by atoms with Crippen LogP contribution in [-0.2, 0) is 32.6 Å². The number of nitrogens with zero attached hydrogens (tertiary/aromatic N) is 2. The van der Waals surface area contributed by atoms with Crippen LogP contribution < -0.4 is 9.62 Å². The fourth-order valence-corrected chi connectivity index (χ4v) is 5.68. The van der Waals surface area contributed by atoms with E-state index in [1.807, 2.05) is 62.4 Å². The molecule has 7 nitrogen and oxygen atoms in total. The minimum atomic E-state index is -3.61. The number of anilines is 1. The first-order valence-electron chi connectivity index (χ1n) is 13.5. The average Bonchev–Trinajstić information content (AvgIpc) is 2.93. The molecule has 1 unspecified atom stereocenters. The van der Waals surface area contributed by atoms with Crippen LogP contribution in [0.1, 0.15) is 37.8 Å². The topological polar surface area (TPSA) is 86.8 Å². The molecular weight excluding hydrogens is 581 g/mol. The molecule has 0 saturated heterocycles. The molecule has 0 aliphatic heterocycles. The van der Waals surface area contributed by atoms with Gasteiger partial charge in [-0.15, -0.1) is 0 Å². The summed E-state index contributed by atoms with van der Waals surface area (Å²) in [5.74, 6) is -0.282. The number of rotatable bonds is 14. The van der Waals surface area contributed by atoms with Crippen LogP contribution in [0, 0.1) is 5.92 Å². The smallest absolute Gasteiger partial charge is 0.243 e. The van der Waals surface area contributed by atoms with E-state index in [9.17, 15) is 18.0 Å². The molecule has 1 N–H and O–H groups in total. The lowest BCUT2D eigenvalue weighted by atomic mass is 10.0. The molecular formula is C31H37Cl2N3O4S. The van der Waals surface area contributed by atoms with E-state index in [1.165, 1.54) is 4.31 Å². The first kappa shape index (κ1) is 32.4. The van der Waals surface area contributed by atoms with Gasteiger partial charge in [-0.2, -0.15) is 0 Å². The molecule has 220 valence electrons. The van der Waals surface area contributed by atoms with E-state index >= 15 is 0 Å². The average molecular weight is 619 g/mol. The van der Waals surface area contributed by atoms with Crippen molar-refractivity contribution in [1.29, 1.82) is 0 Å². The highest BCUT2D eigenvalue weighted by Gasteiger charge is 2.31. The molecule has 0 spiro atoms. The Labute approximate surface area is 253 Å². The van der Waals surface area contributed by atoms with Crippen LogP contribution in [0.3, 0.4) is 0 Å². The summed E-state index contributed by atoms with van der Waals surface area (Å²) in [6.07, 6.45) is 1.73. The molecule has 0 bridgehead atoms. The van der Waals surface area contributed by atoms with E-state index in [1.54, 1.807) is 35.2 Å². The Balaban J connectivity index is 1.88. The molecule has 3 aromatic carbocycles. The molecule has 2 amide bonds. The third-order valence-electron chi connectivity index (χ3n) is 6.52. The van der Waals surface area contributed by atoms with Gasteiger partial charge in [0.15, 0.2) is 0 Å². The number of nitrogens with one attached hydrogen (secondary N) is 1. The van der Waals surface area contributed by atoms with Crippen molar-refractivity contribution in [1.82, 2.24) is 10.2 Å². The van der Waals surface area contributed by atoms with Gasteiger partial charge in [-0.05, 0) is 53.8 Å². The molecule has 10 heteroatoms. The molecule has 3 aromatic rings. The van der Waals surface area contributed by atoms with E-state index in [2.05, 4.69) is 5.32 Å². The standard InChI is InChI=1S/C31H37Cl2N3O4S/c1-23(2)21-34-31(38)29(20-24-10-5-4-6-11-24)35(22-25-12-7-8-13-28(25)33)30(37)14-9-19-36(41(3,39)40)27-17-15-26(32)16-18-27/h4-8,10-13,15-18,23,29H,9,14,19-22H2,1-3H3,(H,34,38). The van der Waals surface area contributed by atoms with Crippen molar-refractivity contribution >= 4 is 50.7 Å². The SMILES string of the molecule is CC(C)CNC(=O)C(Cc1ccccc1)N(Cc1ccccc1Cl)C(=O)CCCN(c1ccc(Cl)cc1)S(C)(=O)=O. The second-order valence-electron chi connectivity index (χ2n) is 10.4. The van der Waals surface area contributed by atoms with Crippen molar-refractivity contribution in [3.63, 3.8) is 0 Å². The molecule has 0 radical (unpaired) electrons. The molecule has 0 aliphatic carbocycles. The highest BCUT2D eigenvalue weighted by atomic mass is 35.5. The highest BCUT2D eigenvalue weighted by molar-refractivity contribution is 7.92. The van der Waals surface area contributed by atoms with Gasteiger partial charge in [-0.3, -0.25) is 13.9 Å². The Morgan fingerprint density at radius 2 is 1.54 bits per heavy atom. The number of carbonyl (C=O) groups is 2. The van der Waals surface area contributed by atoms with Crippen LogP contribution in [-0.4, -0.2) is 50.5 Å². The van der Waals surface area contributed by atoms with Crippen LogP contribution in [0.15, 0.2) is 78.9 Å². The molecule has 0 fully saturated rings. The lowest BCUT2D eigenvalue weighted by Crippen LogP contribution is -2.51. The van der Waals surface area contributed by atoms with Crippen molar-refractivity contribution in [3.05, 3.63) is 100 Å². The van der Waals surface area contributed by atoms with Crippen molar-refractivity contribution in [2.24, 2.45) is 5.92 Å². The molecule has 0 heterocycles. The van der Waals surface area contributed by atoms with Gasteiger partial charge in [0.05, 0.1) is 11.9 Å². The number of benzene rings is 3. The molecule has 0 saturated carbocycles. The van der Waals surface area contributed by atoms with Gasteiger partial charge in [0.25, 0.3) is 0 Å². The van der Waals surface area contributed by atoms with E-state index in [4.69, 9.17) is 23.2 Å². The molecule has 3 rings (SSSR count). The maximum Gasteiger partial charge on any atom is 0.243 e. The fraction of sp³-hybridized carbons (Fsp3) is 0.355. The highest BCUT2D eigenvalue weighted by Crippen LogP contribution is 2.23. The summed E-state index contributed by atoms with van der Waals surface area (Å²) in [6, 6.07) is 22.5. The zero-order valence-corrected chi connectivity index (χ0v) is 25.9. The lowest BCUT2D eigenvalue weighted by molar-refractivity contribution is -0.141. The summed E-state index contributed by atoms with van der Waals surface area (Å²) < 4.78 is 26.4. The predicted molar refractivity (Wildman–Crippen MR) is 167 cm³/mol. The summed E-state index contributed by atoms with van der Waals surface area (Å²) in [6.45, 7) is 4.72. The summed E-state index contributed by atoms with van der Waals surface area (Å²) in [5, 5.41) is 3.99. The zero-order valence-electron chi connectivity index (χ0n) is 23.6. The van der Waals surface area contributed by atoms with E-state index in [0.717, 1.165) is 17.4 Å². The van der Waals surface area contributed by atoms with Crippen LogP contribution in [0.25, 0.3) is 0 Å². The number of halogens is 2. The van der Waals surface area contributed by atoms with E-state index in [-0.39, 0.29) is 43.7 Å². The number of hydrogen-bond donors (Lipinski definition) is 1. The Morgan fingerprint density at radius 3 is 2.15 bits per heavy atom. The van der Waals surface area contributed by atoms with Crippen molar-refractivity contribution in [2.45, 2.75) is 45.7 Å². The minimum absolute atomic E-state index is 0.0345. The fourth-order valence-electron chi connectivity index (χ4n) is 4.40. The Hall–Kier alpha value is -3.07. The number of carbonyl (C=O) groups excluding carboxylic acids is 2. The first-order valence-corrected chi connectivity index (χ1v) is 16.1. The van der Waals surface area contributed by atoms with Crippen molar-refractivity contribution in [2.75, 3.05) is 23.7 Å². The zero-order chi connectivity index (χ0) is 30.0. The second kappa shape index (κ2) is 15.2. The van der Waals surface area contributed by atoms with Gasteiger partial charge in [-0.1, -0.05) is 85.6 Å². The lowest BCUT2D eigenvalue weighted by Gasteiger charge is -2.32. The van der Waals surface area contributed by atoms with Gasteiger partial charge in [-0.25, -0.2) is 8.42 Å². The molecule has 0 aliphatic rings. The van der Waals surface area contributed by atoms with Crippen LogP contribution in [0.5, 0.6) is 0 Å². The van der Waals surface area contributed by atoms with Gasteiger partial charge in [0.2, 0.25) is 21.8 Å². The van der Waals surface area contributed by atoms with Crippen LogP contribution >= 0.6 is 23.2 Å². The van der Waals surface area contributed by atoms with Gasteiger partial charge in [0.1, 0.15) is 6.04 Å². The van der Waals surface area contributed by atoms with Crippen LogP contribution in [0.4, 0.5) is 5.69 Å². The monoisotopic (exact) mass is 617 g/mol. The number of amides is 2. The van der Waals surface area contributed by atoms with Crippen molar-refractivity contribution < 1.29 is 18.0 Å². The summed E-state index contributed by atoms with van der Waals surface area (Å²) in [5.41, 5.74) is 2.10. The number of hydrogen-bond acceptors (Lipinski definition) is 4. The summed E-state index contributed by atoms with van der Waals surface area (Å²) >= 11 is 12.5. The Morgan fingerprint density at radius 1 is 0.902 bits per heavy atom. The maximum atomic E-state index is 13.9. The quantitative estimate of drug-likeness (QED) is 0.242. The largest absolute Gasteiger partial charge is 0.354 e. The van der Waals surface area contributed by atoms with Crippen LogP contribution in [0.2, 0.25) is 10.0 Å². The molecule has 1 atom stereocenters. The maximum absolute atomic E-state index is 13.9. The third-order valence-corrected chi connectivity index (χ3v) is 8.34. The third kappa shape index (κ3) is 10.1. The summed E-state index contributed by atoms with van der Waals surface area (Å²) in [7, 11) is -3.61. The predicted octanol–water partition coefficient (Wildman–Crippen LogP) is 5.95. The normalized spacial score (nSPS) is 12.1. The minimum Gasteiger partial charge on any atom is -0.354 e. The summed E-state index contributed by atoms with van der Waals surface area (Å²) in [4.78, 5) is 29.0. The van der Waals surface area contributed by atoms with E-state index in [0.29, 0.717) is 28.7 Å². The Bertz CT molecular complexity index is 1400. The second-order valence-corrected chi connectivity index (χ2v) is 13.1.